The predicted octanol–water partition coefficient (Wildman–Crippen LogP) is 1.34. The average molecular weight is 262 g/mol. The Morgan fingerprint density at radius 3 is 2.47 bits per heavy atom. The van der Waals surface area contributed by atoms with Crippen molar-refractivity contribution in [3.8, 4) is 0 Å². The lowest BCUT2D eigenvalue weighted by Gasteiger charge is -2.34. The zero-order chi connectivity index (χ0) is 13.2. The van der Waals surface area contributed by atoms with E-state index in [-0.39, 0.29) is 16.6 Å². The molecule has 0 saturated carbocycles. The molecule has 0 spiro atoms. The third kappa shape index (κ3) is 5.84. The van der Waals surface area contributed by atoms with Crippen LogP contribution in [0.15, 0.2) is 0 Å². The second-order valence-corrected chi connectivity index (χ2v) is 8.54. The minimum atomic E-state index is -3.15. The highest BCUT2D eigenvalue weighted by Crippen LogP contribution is 2.25. The molecule has 17 heavy (non-hydrogen) atoms. The highest BCUT2D eigenvalue weighted by atomic mass is 32.2. The van der Waals surface area contributed by atoms with Crippen LogP contribution < -0.4 is 10.0 Å². The molecule has 1 saturated heterocycles. The zero-order valence-corrected chi connectivity index (χ0v) is 12.3. The Balaban J connectivity index is 2.49. The monoisotopic (exact) mass is 262 g/mol. The van der Waals surface area contributed by atoms with Gasteiger partial charge in [-0.2, -0.15) is 0 Å². The number of nitrogens with one attached hydrogen (secondary N) is 2. The van der Waals surface area contributed by atoms with Gasteiger partial charge in [-0.05, 0) is 30.2 Å². The molecule has 102 valence electrons. The van der Waals surface area contributed by atoms with E-state index >= 15 is 0 Å². The Labute approximate surface area is 106 Å². The molecule has 1 heterocycles. The second kappa shape index (κ2) is 5.24. The van der Waals surface area contributed by atoms with Gasteiger partial charge in [0.25, 0.3) is 0 Å². The van der Waals surface area contributed by atoms with Crippen LogP contribution in [0.3, 0.4) is 0 Å². The van der Waals surface area contributed by atoms with Crippen molar-refractivity contribution in [1.82, 2.24) is 10.0 Å². The van der Waals surface area contributed by atoms with E-state index < -0.39 is 10.0 Å². The first-order valence-electron chi connectivity index (χ1n) is 6.30. The third-order valence-electron chi connectivity index (χ3n) is 3.03. The number of hydrogen-bond acceptors (Lipinski definition) is 3. The first-order valence-corrected chi connectivity index (χ1v) is 7.95. The van der Waals surface area contributed by atoms with Gasteiger partial charge in [0.15, 0.2) is 0 Å². The first-order chi connectivity index (χ1) is 7.62. The van der Waals surface area contributed by atoms with Crippen LogP contribution in [0, 0.1) is 10.8 Å². The van der Waals surface area contributed by atoms with Crippen LogP contribution >= 0.6 is 0 Å². The molecule has 1 fully saturated rings. The summed E-state index contributed by atoms with van der Waals surface area (Å²) in [6, 6.07) is 0. The van der Waals surface area contributed by atoms with Crippen molar-refractivity contribution < 1.29 is 8.42 Å². The number of hydrogen-bond donors (Lipinski definition) is 2. The van der Waals surface area contributed by atoms with Gasteiger partial charge < -0.3 is 5.32 Å². The van der Waals surface area contributed by atoms with Gasteiger partial charge in [0.1, 0.15) is 0 Å². The Kier molecular flexibility index (Phi) is 4.60. The Hall–Kier alpha value is -0.130. The molecule has 1 atom stereocenters. The predicted molar refractivity (Wildman–Crippen MR) is 71.5 cm³/mol. The second-order valence-electron chi connectivity index (χ2n) is 6.73. The van der Waals surface area contributed by atoms with Gasteiger partial charge in [-0.3, -0.25) is 0 Å². The van der Waals surface area contributed by atoms with E-state index in [1.54, 1.807) is 0 Å². The molecule has 4 nitrogen and oxygen atoms in total. The lowest BCUT2D eigenvalue weighted by atomic mass is 9.83. The topological polar surface area (TPSA) is 58.2 Å². The highest BCUT2D eigenvalue weighted by molar-refractivity contribution is 7.89. The maximum absolute atomic E-state index is 11.9. The molecule has 0 bridgehead atoms. The van der Waals surface area contributed by atoms with Gasteiger partial charge in [-0.15, -0.1) is 0 Å². The van der Waals surface area contributed by atoms with Gasteiger partial charge >= 0.3 is 0 Å². The summed E-state index contributed by atoms with van der Waals surface area (Å²) in [5, 5.41) is 3.33. The minimum Gasteiger partial charge on any atom is -0.316 e. The van der Waals surface area contributed by atoms with Crippen molar-refractivity contribution in [3.05, 3.63) is 0 Å². The maximum atomic E-state index is 11.9. The Bertz CT molecular complexity index is 338. The molecule has 1 rings (SSSR count). The van der Waals surface area contributed by atoms with Crippen LogP contribution in [0.5, 0.6) is 0 Å². The molecule has 0 aromatic carbocycles. The van der Waals surface area contributed by atoms with E-state index in [0.29, 0.717) is 6.54 Å². The van der Waals surface area contributed by atoms with E-state index in [1.807, 2.05) is 20.8 Å². The van der Waals surface area contributed by atoms with E-state index in [4.69, 9.17) is 0 Å². The van der Waals surface area contributed by atoms with Crippen LogP contribution in [0.1, 0.15) is 40.5 Å². The molecule has 1 aliphatic heterocycles. The van der Waals surface area contributed by atoms with Crippen molar-refractivity contribution in [1.29, 1.82) is 0 Å². The smallest absolute Gasteiger partial charge is 0.212 e. The standard InChI is InChI=1S/C12H26N2O2S/c1-11(2,3)10-17(15,16)14-9-12(4)6-5-7-13-8-12/h13-14H,5-10H2,1-4H3. The molecular formula is C12H26N2O2S. The summed E-state index contributed by atoms with van der Waals surface area (Å²) in [5.74, 6) is 0.184. The summed E-state index contributed by atoms with van der Waals surface area (Å²) >= 11 is 0. The van der Waals surface area contributed by atoms with Gasteiger partial charge in [0.05, 0.1) is 5.75 Å². The highest BCUT2D eigenvalue weighted by Gasteiger charge is 2.29. The molecular weight excluding hydrogens is 236 g/mol. The normalized spacial score (nSPS) is 27.1. The first kappa shape index (κ1) is 14.9. The SMILES string of the molecule is CC(C)(C)CS(=O)(=O)NCC1(C)CCCNC1. The maximum Gasteiger partial charge on any atom is 0.212 e. The zero-order valence-electron chi connectivity index (χ0n) is 11.5. The van der Waals surface area contributed by atoms with Gasteiger partial charge in [-0.25, -0.2) is 13.1 Å². The molecule has 2 N–H and O–H groups in total. The van der Waals surface area contributed by atoms with Crippen LogP contribution in [0.4, 0.5) is 0 Å². The van der Waals surface area contributed by atoms with E-state index in [2.05, 4.69) is 17.0 Å². The molecule has 0 aliphatic carbocycles. The van der Waals surface area contributed by atoms with E-state index in [1.165, 1.54) is 0 Å². The molecule has 0 aromatic heterocycles. The number of piperidine rings is 1. The van der Waals surface area contributed by atoms with Crippen LogP contribution in [-0.4, -0.2) is 33.8 Å². The molecule has 5 heteroatoms. The third-order valence-corrected chi connectivity index (χ3v) is 4.86. The largest absolute Gasteiger partial charge is 0.316 e. The average Bonchev–Trinajstić information content (AvgIpc) is 2.13. The van der Waals surface area contributed by atoms with E-state index in [9.17, 15) is 8.42 Å². The fourth-order valence-electron chi connectivity index (χ4n) is 2.17. The molecule has 1 aliphatic rings. The van der Waals surface area contributed by atoms with Gasteiger partial charge in [-0.1, -0.05) is 27.7 Å². The number of rotatable bonds is 4. The summed E-state index contributed by atoms with van der Waals surface area (Å²) in [7, 11) is -3.15. The van der Waals surface area contributed by atoms with Crippen molar-refractivity contribution in [3.63, 3.8) is 0 Å². The summed E-state index contributed by atoms with van der Waals surface area (Å²) in [6.07, 6.45) is 2.20. The summed E-state index contributed by atoms with van der Waals surface area (Å²) in [6.45, 7) is 10.4. The minimum absolute atomic E-state index is 0.0587. The lowest BCUT2D eigenvalue weighted by molar-refractivity contribution is 0.238. The summed E-state index contributed by atoms with van der Waals surface area (Å²) in [5.41, 5.74) is -0.138. The number of sulfonamides is 1. The van der Waals surface area contributed by atoms with Crippen molar-refractivity contribution in [2.24, 2.45) is 10.8 Å². The molecule has 0 aromatic rings. The van der Waals surface area contributed by atoms with Crippen molar-refractivity contribution in [2.45, 2.75) is 40.5 Å². The Morgan fingerprint density at radius 1 is 1.35 bits per heavy atom. The fraction of sp³-hybridized carbons (Fsp3) is 1.00. The van der Waals surface area contributed by atoms with Crippen molar-refractivity contribution >= 4 is 10.0 Å². The molecule has 0 radical (unpaired) electrons. The van der Waals surface area contributed by atoms with Crippen LogP contribution in [-0.2, 0) is 10.0 Å². The van der Waals surface area contributed by atoms with Crippen LogP contribution in [0.2, 0.25) is 0 Å². The van der Waals surface area contributed by atoms with Gasteiger partial charge in [0, 0.05) is 13.1 Å². The molecule has 0 amide bonds. The van der Waals surface area contributed by atoms with Crippen LogP contribution in [0.25, 0.3) is 0 Å². The molecule has 1 unspecified atom stereocenters. The summed E-state index contributed by atoms with van der Waals surface area (Å²) in [4.78, 5) is 0. The van der Waals surface area contributed by atoms with E-state index in [0.717, 1.165) is 25.9 Å². The quantitative estimate of drug-likeness (QED) is 0.804. The van der Waals surface area contributed by atoms with Crippen molar-refractivity contribution in [2.75, 3.05) is 25.4 Å². The summed E-state index contributed by atoms with van der Waals surface area (Å²) < 4.78 is 26.6. The lowest BCUT2D eigenvalue weighted by Crippen LogP contribution is -2.46. The Morgan fingerprint density at radius 2 is 2.00 bits per heavy atom. The fourth-order valence-corrected chi connectivity index (χ4v) is 3.99. The van der Waals surface area contributed by atoms with Gasteiger partial charge in [0.2, 0.25) is 10.0 Å².